The molecule has 168 valence electrons. The van der Waals surface area contributed by atoms with E-state index < -0.39 is 29.3 Å². The van der Waals surface area contributed by atoms with Crippen LogP contribution < -0.4 is 9.47 Å². The Balaban J connectivity index is 1.87. The molecular weight excluding hydrogens is 426 g/mol. The van der Waals surface area contributed by atoms with Gasteiger partial charge in [0, 0.05) is 30.8 Å². The van der Waals surface area contributed by atoms with E-state index in [9.17, 15) is 14.7 Å². The lowest BCUT2D eigenvalue weighted by Gasteiger charge is -2.44. The quantitative estimate of drug-likeness (QED) is 0.696. The normalized spacial score (nSPS) is 21.6. The summed E-state index contributed by atoms with van der Waals surface area (Å²) in [6.07, 6.45) is 0.706. The second-order valence-corrected chi connectivity index (χ2v) is 8.99. The highest BCUT2D eigenvalue weighted by atomic mass is 35.5. The number of amides is 1. The molecule has 1 saturated heterocycles. The Morgan fingerprint density at radius 3 is 2.58 bits per heavy atom. The number of aliphatic carboxylic acids is 1. The molecule has 3 rings (SSSR count). The second-order valence-electron chi connectivity index (χ2n) is 8.63. The van der Waals surface area contributed by atoms with Crippen molar-refractivity contribution in [2.75, 3.05) is 13.7 Å². The molecule has 0 radical (unpaired) electrons. The van der Waals surface area contributed by atoms with E-state index in [4.69, 9.17) is 25.8 Å². The highest BCUT2D eigenvalue weighted by Gasteiger charge is 2.49. The van der Waals surface area contributed by atoms with E-state index in [1.54, 1.807) is 32.9 Å². The Hall–Kier alpha value is -2.81. The van der Waals surface area contributed by atoms with Gasteiger partial charge in [0.05, 0.1) is 12.6 Å². The summed E-state index contributed by atoms with van der Waals surface area (Å²) in [5, 5.41) is 10.8. The van der Waals surface area contributed by atoms with Crippen molar-refractivity contribution in [3.8, 4) is 11.5 Å². The molecule has 0 spiro atoms. The molecule has 2 atom stereocenters. The fraction of sp³-hybridized carbons (Fsp3) is 0.524. The molecule has 1 aromatic carbocycles. The Labute approximate surface area is 185 Å². The molecule has 31 heavy (non-hydrogen) atoms. The zero-order chi connectivity index (χ0) is 23.0. The van der Waals surface area contributed by atoms with Crippen molar-refractivity contribution < 1.29 is 28.9 Å². The maximum atomic E-state index is 12.6. The van der Waals surface area contributed by atoms with Gasteiger partial charge in [0.15, 0.2) is 11.5 Å². The largest absolute Gasteiger partial charge is 0.493 e. The molecule has 9 nitrogen and oxygen atoms in total. The van der Waals surface area contributed by atoms with Crippen LogP contribution in [-0.2, 0) is 9.53 Å². The van der Waals surface area contributed by atoms with Crippen LogP contribution in [0.1, 0.15) is 40.5 Å². The molecule has 2 aromatic rings. The summed E-state index contributed by atoms with van der Waals surface area (Å²) in [5.41, 5.74) is -1.63. The lowest BCUT2D eigenvalue weighted by molar-refractivity contribution is -0.154. The number of ether oxygens (including phenoxy) is 3. The van der Waals surface area contributed by atoms with Gasteiger partial charge in [-0.05, 0) is 33.8 Å². The van der Waals surface area contributed by atoms with E-state index in [-0.39, 0.29) is 18.1 Å². The zero-order valence-electron chi connectivity index (χ0n) is 18.1. The number of aromatic nitrogens is 2. The Bertz CT molecular complexity index is 1010. The lowest BCUT2D eigenvalue weighted by atomic mass is 9.87. The molecule has 1 aromatic heterocycles. The van der Waals surface area contributed by atoms with Crippen molar-refractivity contribution in [2.24, 2.45) is 0 Å². The van der Waals surface area contributed by atoms with Crippen LogP contribution >= 0.6 is 11.6 Å². The van der Waals surface area contributed by atoms with Crippen LogP contribution in [0.2, 0.25) is 5.15 Å². The lowest BCUT2D eigenvalue weighted by Crippen LogP contribution is -2.61. The van der Waals surface area contributed by atoms with Gasteiger partial charge in [-0.1, -0.05) is 11.6 Å². The van der Waals surface area contributed by atoms with Crippen molar-refractivity contribution in [2.45, 2.75) is 57.8 Å². The fourth-order valence-corrected chi connectivity index (χ4v) is 3.75. The third kappa shape index (κ3) is 4.76. The summed E-state index contributed by atoms with van der Waals surface area (Å²) < 4.78 is 17.0. The van der Waals surface area contributed by atoms with Crippen LogP contribution in [0, 0.1) is 0 Å². The number of halogens is 1. The van der Waals surface area contributed by atoms with Crippen LogP contribution in [0.25, 0.3) is 10.9 Å². The first-order valence-corrected chi connectivity index (χ1v) is 10.2. The Morgan fingerprint density at radius 2 is 1.97 bits per heavy atom. The number of likely N-dealkylation sites (tertiary alicyclic amines) is 1. The molecule has 1 aliphatic heterocycles. The number of methoxy groups -OCH3 is 1. The summed E-state index contributed by atoms with van der Waals surface area (Å²) in [6.45, 7) is 6.87. The van der Waals surface area contributed by atoms with Gasteiger partial charge in [-0.2, -0.15) is 0 Å². The minimum absolute atomic E-state index is 0.0712. The number of hydrogen-bond acceptors (Lipinski definition) is 7. The highest BCUT2D eigenvalue weighted by Crippen LogP contribution is 2.38. The predicted octanol–water partition coefficient (Wildman–Crippen LogP) is 3.91. The van der Waals surface area contributed by atoms with E-state index in [1.807, 2.05) is 0 Å². The van der Waals surface area contributed by atoms with Gasteiger partial charge in [0.25, 0.3) is 0 Å². The summed E-state index contributed by atoms with van der Waals surface area (Å²) in [6, 6.07) is 3.36. The smallest absolute Gasteiger partial charge is 0.411 e. The molecular formula is C21H26ClN3O6. The molecule has 10 heteroatoms. The Morgan fingerprint density at radius 1 is 1.26 bits per heavy atom. The molecule has 1 amide bonds. The second kappa shape index (κ2) is 8.37. The fourth-order valence-electron chi connectivity index (χ4n) is 3.55. The number of fused-ring (bicyclic) bond motifs is 1. The molecule has 0 bridgehead atoms. The number of nitrogens with zero attached hydrogens (tertiary/aromatic N) is 3. The first-order chi connectivity index (χ1) is 14.4. The minimum atomic E-state index is -1.49. The minimum Gasteiger partial charge on any atom is -0.493 e. The van der Waals surface area contributed by atoms with E-state index in [0.29, 0.717) is 28.8 Å². The standard InChI is InChI=1S/C21H26ClN3O6/c1-20(2,3)31-19(28)25-7-6-12(10-21(25,4)18(26)27)30-16-8-13-14(9-15(16)29-5)23-11-24-17(13)22/h8-9,11-12H,6-7,10H2,1-5H3,(H,26,27)/t12-,21+/m0/s1. The number of piperidine rings is 1. The van der Waals surface area contributed by atoms with Crippen LogP contribution in [0.4, 0.5) is 4.79 Å². The number of rotatable bonds is 4. The van der Waals surface area contributed by atoms with E-state index in [2.05, 4.69) is 9.97 Å². The number of carboxylic acid groups (broad SMARTS) is 1. The van der Waals surface area contributed by atoms with Crippen molar-refractivity contribution in [1.82, 2.24) is 14.9 Å². The molecule has 1 aliphatic rings. The first-order valence-electron chi connectivity index (χ1n) is 9.83. The Kier molecular flexibility index (Phi) is 6.18. The van der Waals surface area contributed by atoms with E-state index in [1.165, 1.54) is 25.3 Å². The third-order valence-electron chi connectivity index (χ3n) is 5.14. The van der Waals surface area contributed by atoms with Gasteiger partial charge in [-0.3, -0.25) is 4.90 Å². The van der Waals surface area contributed by atoms with Crippen LogP contribution in [0.3, 0.4) is 0 Å². The monoisotopic (exact) mass is 451 g/mol. The molecule has 0 unspecified atom stereocenters. The van der Waals surface area contributed by atoms with Crippen LogP contribution in [0.15, 0.2) is 18.5 Å². The number of carbonyl (C=O) groups excluding carboxylic acids is 1. The van der Waals surface area contributed by atoms with Crippen molar-refractivity contribution in [1.29, 1.82) is 0 Å². The van der Waals surface area contributed by atoms with E-state index >= 15 is 0 Å². The maximum absolute atomic E-state index is 12.6. The summed E-state index contributed by atoms with van der Waals surface area (Å²) in [5.74, 6) is -0.294. The first kappa shape index (κ1) is 22.9. The zero-order valence-corrected chi connectivity index (χ0v) is 18.9. The summed E-state index contributed by atoms with van der Waals surface area (Å²) >= 11 is 6.18. The average molecular weight is 452 g/mol. The highest BCUT2D eigenvalue weighted by molar-refractivity contribution is 6.34. The molecule has 1 N–H and O–H groups in total. The average Bonchev–Trinajstić information content (AvgIpc) is 2.66. The SMILES string of the molecule is COc1cc2ncnc(Cl)c2cc1O[C@H]1CCN(C(=O)OC(C)(C)C)[C@@](C)(C(=O)O)C1. The van der Waals surface area contributed by atoms with Crippen LogP contribution in [-0.4, -0.2) is 62.9 Å². The van der Waals surface area contributed by atoms with Crippen molar-refractivity contribution in [3.63, 3.8) is 0 Å². The molecule has 1 fully saturated rings. The molecule has 0 aliphatic carbocycles. The summed E-state index contributed by atoms with van der Waals surface area (Å²) in [4.78, 5) is 34.2. The topological polar surface area (TPSA) is 111 Å². The van der Waals surface area contributed by atoms with Gasteiger partial charge < -0.3 is 19.3 Å². The third-order valence-corrected chi connectivity index (χ3v) is 5.44. The van der Waals surface area contributed by atoms with E-state index in [0.717, 1.165) is 0 Å². The van der Waals surface area contributed by atoms with Gasteiger partial charge in [-0.15, -0.1) is 0 Å². The number of benzene rings is 1. The number of carboxylic acids is 1. The van der Waals surface area contributed by atoms with Gasteiger partial charge in [0.1, 0.15) is 28.7 Å². The molecule has 0 saturated carbocycles. The van der Waals surface area contributed by atoms with Crippen LogP contribution in [0.5, 0.6) is 11.5 Å². The van der Waals surface area contributed by atoms with Gasteiger partial charge in [0.2, 0.25) is 0 Å². The maximum Gasteiger partial charge on any atom is 0.411 e. The number of hydrogen-bond donors (Lipinski definition) is 1. The van der Waals surface area contributed by atoms with Crippen molar-refractivity contribution in [3.05, 3.63) is 23.6 Å². The summed E-state index contributed by atoms with van der Waals surface area (Å²) in [7, 11) is 1.50. The van der Waals surface area contributed by atoms with Gasteiger partial charge >= 0.3 is 12.1 Å². The molecule has 2 heterocycles. The van der Waals surface area contributed by atoms with Gasteiger partial charge in [-0.25, -0.2) is 19.6 Å². The predicted molar refractivity (Wildman–Crippen MR) is 114 cm³/mol. The van der Waals surface area contributed by atoms with Crippen molar-refractivity contribution >= 4 is 34.6 Å². The number of carbonyl (C=O) groups is 2.